The average molecular weight is 298 g/mol. The normalized spacial score (nSPS) is 11.6. The van der Waals surface area contributed by atoms with Crippen molar-refractivity contribution < 1.29 is 21.4 Å². The molecule has 20 heavy (non-hydrogen) atoms. The fraction of sp³-hybridized carbons (Fsp3) is 0.143. The van der Waals surface area contributed by atoms with Crippen LogP contribution in [0.4, 0.5) is 8.78 Å². The van der Waals surface area contributed by atoms with Gasteiger partial charge in [-0.3, -0.25) is 4.18 Å². The van der Waals surface area contributed by atoms with E-state index in [2.05, 4.69) is 0 Å². The summed E-state index contributed by atoms with van der Waals surface area (Å²) in [6, 6.07) is 8.95. The Morgan fingerprint density at radius 1 is 1.05 bits per heavy atom. The monoisotopic (exact) mass is 298 g/mol. The van der Waals surface area contributed by atoms with Crippen molar-refractivity contribution in [3.05, 3.63) is 65.2 Å². The lowest BCUT2D eigenvalue weighted by Crippen LogP contribution is -2.07. The number of halogens is 2. The van der Waals surface area contributed by atoms with E-state index in [4.69, 9.17) is 4.18 Å². The molecule has 2 aromatic rings. The fourth-order valence-corrected chi connectivity index (χ4v) is 2.44. The summed E-state index contributed by atoms with van der Waals surface area (Å²) in [6.45, 7) is 1.34. The fourth-order valence-electron chi connectivity index (χ4n) is 1.55. The van der Waals surface area contributed by atoms with Crippen molar-refractivity contribution in [2.45, 2.75) is 18.4 Å². The summed E-state index contributed by atoms with van der Waals surface area (Å²) >= 11 is 0. The van der Waals surface area contributed by atoms with Crippen LogP contribution in [0, 0.1) is 18.6 Å². The lowest BCUT2D eigenvalue weighted by atomic mass is 10.2. The Labute approximate surface area is 115 Å². The van der Waals surface area contributed by atoms with Gasteiger partial charge in [-0.25, -0.2) is 8.78 Å². The van der Waals surface area contributed by atoms with Crippen LogP contribution >= 0.6 is 0 Å². The van der Waals surface area contributed by atoms with Crippen LogP contribution in [-0.4, -0.2) is 8.42 Å². The van der Waals surface area contributed by atoms with Crippen LogP contribution in [0.3, 0.4) is 0 Å². The molecular weight excluding hydrogens is 286 g/mol. The lowest BCUT2D eigenvalue weighted by Gasteiger charge is -2.07. The maximum Gasteiger partial charge on any atom is 0.297 e. The highest BCUT2D eigenvalue weighted by Crippen LogP contribution is 2.17. The van der Waals surface area contributed by atoms with E-state index in [1.54, 1.807) is 12.1 Å². The number of hydrogen-bond acceptors (Lipinski definition) is 3. The maximum absolute atomic E-state index is 13.4. The molecule has 0 saturated carbocycles. The quantitative estimate of drug-likeness (QED) is 0.814. The van der Waals surface area contributed by atoms with E-state index in [1.807, 2.05) is 6.92 Å². The van der Waals surface area contributed by atoms with Crippen molar-refractivity contribution >= 4 is 10.1 Å². The smallest absolute Gasteiger partial charge is 0.261 e. The minimum Gasteiger partial charge on any atom is -0.261 e. The second-order valence-corrected chi connectivity index (χ2v) is 5.88. The molecule has 106 valence electrons. The van der Waals surface area contributed by atoms with Gasteiger partial charge in [-0.15, -0.1) is 0 Å². The predicted molar refractivity (Wildman–Crippen MR) is 69.5 cm³/mol. The molecule has 3 nitrogen and oxygen atoms in total. The van der Waals surface area contributed by atoms with E-state index in [1.165, 1.54) is 12.1 Å². The summed E-state index contributed by atoms with van der Waals surface area (Å²) in [6.07, 6.45) is 0. The number of hydrogen-bond donors (Lipinski definition) is 0. The first-order valence-corrected chi connectivity index (χ1v) is 7.19. The van der Waals surface area contributed by atoms with Crippen molar-refractivity contribution in [3.8, 4) is 0 Å². The number of rotatable bonds is 4. The Morgan fingerprint density at radius 3 is 2.30 bits per heavy atom. The third kappa shape index (κ3) is 3.40. The Balaban J connectivity index is 2.15. The molecule has 0 bridgehead atoms. The van der Waals surface area contributed by atoms with Crippen molar-refractivity contribution in [2.24, 2.45) is 0 Å². The van der Waals surface area contributed by atoms with Gasteiger partial charge in [0.2, 0.25) is 0 Å². The second kappa shape index (κ2) is 5.68. The zero-order chi connectivity index (χ0) is 14.8. The largest absolute Gasteiger partial charge is 0.297 e. The average Bonchev–Trinajstić information content (AvgIpc) is 2.38. The van der Waals surface area contributed by atoms with Crippen LogP contribution in [0.25, 0.3) is 0 Å². The molecule has 2 rings (SSSR count). The van der Waals surface area contributed by atoms with E-state index in [0.717, 1.165) is 17.7 Å². The molecule has 2 aromatic carbocycles. The zero-order valence-electron chi connectivity index (χ0n) is 10.6. The van der Waals surface area contributed by atoms with Crippen molar-refractivity contribution in [1.82, 2.24) is 0 Å². The summed E-state index contributed by atoms with van der Waals surface area (Å²) in [7, 11) is -3.96. The van der Waals surface area contributed by atoms with Gasteiger partial charge in [-0.2, -0.15) is 8.42 Å². The van der Waals surface area contributed by atoms with Crippen LogP contribution < -0.4 is 0 Å². The summed E-state index contributed by atoms with van der Waals surface area (Å²) in [4.78, 5) is -0.00869. The SMILES string of the molecule is Cc1ccc(S(=O)(=O)OCc2ccc(F)cc2F)cc1. The van der Waals surface area contributed by atoms with Gasteiger partial charge in [0.25, 0.3) is 10.1 Å². The minimum absolute atomic E-state index is 0.00869. The standard InChI is InChI=1S/C14H12F2O3S/c1-10-2-6-13(7-3-10)20(17,18)19-9-11-4-5-12(15)8-14(11)16/h2-8H,9H2,1H3. The van der Waals surface area contributed by atoms with Gasteiger partial charge in [0.1, 0.15) is 11.6 Å². The Hall–Kier alpha value is -1.79. The molecule has 0 N–H and O–H groups in total. The third-order valence-corrected chi connectivity index (χ3v) is 3.97. The van der Waals surface area contributed by atoms with Crippen molar-refractivity contribution in [2.75, 3.05) is 0 Å². The molecule has 0 atom stereocenters. The zero-order valence-corrected chi connectivity index (χ0v) is 11.5. The molecule has 0 aliphatic carbocycles. The van der Waals surface area contributed by atoms with Gasteiger partial charge in [0, 0.05) is 11.6 Å². The summed E-state index contributed by atoms with van der Waals surface area (Å²) in [5.74, 6) is -1.57. The third-order valence-electron chi connectivity index (χ3n) is 2.69. The van der Waals surface area contributed by atoms with Gasteiger partial charge in [-0.1, -0.05) is 23.8 Å². The molecule has 0 radical (unpaired) electrons. The molecule has 0 fully saturated rings. The van der Waals surface area contributed by atoms with E-state index >= 15 is 0 Å². The Morgan fingerprint density at radius 2 is 1.70 bits per heavy atom. The summed E-state index contributed by atoms with van der Waals surface area (Å²) in [5.41, 5.74) is 0.885. The first-order valence-electron chi connectivity index (χ1n) is 5.78. The first kappa shape index (κ1) is 14.6. The molecule has 0 aliphatic heterocycles. The van der Waals surface area contributed by atoms with Gasteiger partial charge < -0.3 is 0 Å². The second-order valence-electron chi connectivity index (χ2n) is 4.27. The van der Waals surface area contributed by atoms with Gasteiger partial charge in [0.15, 0.2) is 0 Å². The Kier molecular flexibility index (Phi) is 4.15. The van der Waals surface area contributed by atoms with Crippen LogP contribution in [0.15, 0.2) is 47.4 Å². The summed E-state index contributed by atoms with van der Waals surface area (Å²) < 4.78 is 54.6. The highest BCUT2D eigenvalue weighted by molar-refractivity contribution is 7.86. The summed E-state index contributed by atoms with van der Waals surface area (Å²) in [5, 5.41) is 0. The molecule has 0 heterocycles. The van der Waals surface area contributed by atoms with E-state index in [-0.39, 0.29) is 10.5 Å². The number of aryl methyl sites for hydroxylation is 1. The van der Waals surface area contributed by atoms with E-state index < -0.39 is 28.4 Å². The topological polar surface area (TPSA) is 43.4 Å². The van der Waals surface area contributed by atoms with Crippen molar-refractivity contribution in [3.63, 3.8) is 0 Å². The maximum atomic E-state index is 13.4. The number of benzene rings is 2. The van der Waals surface area contributed by atoms with Crippen LogP contribution in [0.5, 0.6) is 0 Å². The molecular formula is C14H12F2O3S. The molecule has 0 aliphatic rings. The molecule has 0 amide bonds. The van der Waals surface area contributed by atoms with Crippen molar-refractivity contribution in [1.29, 1.82) is 0 Å². The van der Waals surface area contributed by atoms with Gasteiger partial charge >= 0.3 is 0 Å². The predicted octanol–water partition coefficient (Wildman–Crippen LogP) is 3.18. The molecule has 0 spiro atoms. The molecule has 6 heteroatoms. The minimum atomic E-state index is -3.96. The molecule has 0 unspecified atom stereocenters. The van der Waals surface area contributed by atoms with Gasteiger partial charge in [-0.05, 0) is 25.1 Å². The molecule has 0 aromatic heterocycles. The first-order chi connectivity index (χ1) is 9.38. The Bertz CT molecular complexity index is 710. The molecule has 0 saturated heterocycles. The highest BCUT2D eigenvalue weighted by atomic mass is 32.2. The van der Waals surface area contributed by atoms with Crippen LogP contribution in [0.1, 0.15) is 11.1 Å². The highest BCUT2D eigenvalue weighted by Gasteiger charge is 2.16. The van der Waals surface area contributed by atoms with Gasteiger partial charge in [0.05, 0.1) is 11.5 Å². The van der Waals surface area contributed by atoms with Crippen LogP contribution in [-0.2, 0) is 20.9 Å². The van der Waals surface area contributed by atoms with E-state index in [9.17, 15) is 17.2 Å². The van der Waals surface area contributed by atoms with E-state index in [0.29, 0.717) is 6.07 Å². The lowest BCUT2D eigenvalue weighted by molar-refractivity contribution is 0.302. The van der Waals surface area contributed by atoms with Crippen LogP contribution in [0.2, 0.25) is 0 Å².